The van der Waals surface area contributed by atoms with Gasteiger partial charge in [-0.1, -0.05) is 6.92 Å². The molecule has 1 N–H and O–H groups in total. The number of halogens is 2. The Hall–Kier alpha value is -0.170. The third-order valence-electron chi connectivity index (χ3n) is 2.42. The Morgan fingerprint density at radius 2 is 2.22 bits per heavy atom. The molecule has 0 aliphatic rings. The van der Waals surface area contributed by atoms with E-state index in [0.29, 0.717) is 22.8 Å². The van der Waals surface area contributed by atoms with Gasteiger partial charge in [0.2, 0.25) is 10.0 Å². The summed E-state index contributed by atoms with van der Waals surface area (Å²) >= 11 is 8.88. The maximum Gasteiger partial charge on any atom is 0.242 e. The molecule has 1 aromatic heterocycles. The highest BCUT2D eigenvalue weighted by Gasteiger charge is 2.14. The molecule has 0 aliphatic carbocycles. The van der Waals surface area contributed by atoms with Gasteiger partial charge in [0.05, 0.1) is 0 Å². The van der Waals surface area contributed by atoms with E-state index in [9.17, 15) is 8.42 Å². The van der Waals surface area contributed by atoms with E-state index in [2.05, 4.69) is 25.6 Å². The molecule has 102 valence electrons. The Morgan fingerprint density at radius 1 is 1.50 bits per heavy atom. The molecule has 4 nitrogen and oxygen atoms in total. The Balaban J connectivity index is 2.51. The van der Waals surface area contributed by atoms with Gasteiger partial charge in [0.15, 0.2) is 0 Å². The van der Waals surface area contributed by atoms with Crippen molar-refractivity contribution in [3.05, 3.63) is 22.9 Å². The van der Waals surface area contributed by atoms with Crippen LogP contribution in [-0.2, 0) is 10.0 Å². The molecule has 1 unspecified atom stereocenters. The number of nitrogens with one attached hydrogen (secondary N) is 1. The minimum atomic E-state index is -3.46. The van der Waals surface area contributed by atoms with E-state index in [-0.39, 0.29) is 4.90 Å². The lowest BCUT2D eigenvalue weighted by molar-refractivity contribution is 0.543. The normalized spacial score (nSPS) is 13.5. The van der Waals surface area contributed by atoms with Crippen LogP contribution in [0.4, 0.5) is 0 Å². The number of alkyl halides is 1. The van der Waals surface area contributed by atoms with E-state index in [1.807, 2.05) is 6.92 Å². The average Bonchev–Trinajstić information content (AvgIpc) is 2.34. The molecule has 1 rings (SSSR count). The second-order valence-corrected chi connectivity index (χ2v) is 7.13. The lowest BCUT2D eigenvalue weighted by Gasteiger charge is -2.09. The summed E-state index contributed by atoms with van der Waals surface area (Å²) in [6.07, 6.45) is 4.55. The number of aromatic nitrogens is 1. The highest BCUT2D eigenvalue weighted by molar-refractivity contribution is 9.10. The fraction of sp³-hybridized carbons (Fsp3) is 0.545. The van der Waals surface area contributed by atoms with E-state index in [1.54, 1.807) is 6.20 Å². The van der Waals surface area contributed by atoms with Crippen molar-refractivity contribution in [3.63, 3.8) is 0 Å². The van der Waals surface area contributed by atoms with Crippen LogP contribution in [0.1, 0.15) is 19.8 Å². The first-order chi connectivity index (χ1) is 8.45. The molecular formula is C11H16BrClN2O2S. The van der Waals surface area contributed by atoms with Crippen molar-refractivity contribution in [3.8, 4) is 0 Å². The fourth-order valence-electron chi connectivity index (χ4n) is 1.36. The van der Waals surface area contributed by atoms with Crippen molar-refractivity contribution >= 4 is 37.6 Å². The lowest BCUT2D eigenvalue weighted by Crippen LogP contribution is -2.25. The zero-order valence-electron chi connectivity index (χ0n) is 10.1. The molecule has 0 fully saturated rings. The number of hydrogen-bond donors (Lipinski definition) is 1. The fourth-order valence-corrected chi connectivity index (χ4v) is 3.09. The van der Waals surface area contributed by atoms with E-state index >= 15 is 0 Å². The maximum absolute atomic E-state index is 11.9. The third-order valence-corrected chi connectivity index (χ3v) is 4.81. The molecule has 18 heavy (non-hydrogen) atoms. The van der Waals surface area contributed by atoms with Crippen molar-refractivity contribution in [1.29, 1.82) is 0 Å². The minimum Gasteiger partial charge on any atom is -0.262 e. The maximum atomic E-state index is 11.9. The van der Waals surface area contributed by atoms with Gasteiger partial charge in [-0.3, -0.25) is 4.98 Å². The summed E-state index contributed by atoms with van der Waals surface area (Å²) in [6, 6.07) is 1.52. The first kappa shape index (κ1) is 15.9. The Morgan fingerprint density at radius 3 is 2.83 bits per heavy atom. The van der Waals surface area contributed by atoms with Gasteiger partial charge in [0.25, 0.3) is 0 Å². The Labute approximate surface area is 121 Å². The summed E-state index contributed by atoms with van der Waals surface area (Å²) in [6.45, 7) is 2.45. The summed E-state index contributed by atoms with van der Waals surface area (Å²) in [4.78, 5) is 4.01. The second kappa shape index (κ2) is 7.43. The van der Waals surface area contributed by atoms with Crippen LogP contribution >= 0.6 is 27.5 Å². The zero-order valence-corrected chi connectivity index (χ0v) is 13.2. The van der Waals surface area contributed by atoms with E-state index < -0.39 is 10.0 Å². The molecule has 0 aromatic carbocycles. The highest BCUT2D eigenvalue weighted by Crippen LogP contribution is 2.14. The van der Waals surface area contributed by atoms with Gasteiger partial charge in [-0.25, -0.2) is 13.1 Å². The van der Waals surface area contributed by atoms with Crippen molar-refractivity contribution in [2.24, 2.45) is 5.92 Å². The van der Waals surface area contributed by atoms with Crippen molar-refractivity contribution in [1.82, 2.24) is 9.71 Å². The smallest absolute Gasteiger partial charge is 0.242 e. The lowest BCUT2D eigenvalue weighted by atomic mass is 10.1. The number of nitrogens with zero attached hydrogens (tertiary/aromatic N) is 1. The molecular weight excluding hydrogens is 340 g/mol. The largest absolute Gasteiger partial charge is 0.262 e. The van der Waals surface area contributed by atoms with E-state index in [0.717, 1.165) is 12.8 Å². The minimum absolute atomic E-state index is 0.169. The van der Waals surface area contributed by atoms with Gasteiger partial charge in [0, 0.05) is 29.3 Å². The molecule has 0 aliphatic heterocycles. The van der Waals surface area contributed by atoms with Crippen molar-refractivity contribution in [2.75, 3.05) is 12.4 Å². The number of pyridine rings is 1. The Kier molecular flexibility index (Phi) is 6.55. The molecule has 0 saturated heterocycles. The molecule has 1 atom stereocenters. The number of hydrogen-bond acceptors (Lipinski definition) is 3. The molecule has 0 spiro atoms. The van der Waals surface area contributed by atoms with Crippen LogP contribution in [0.25, 0.3) is 0 Å². The van der Waals surface area contributed by atoms with Crippen LogP contribution in [0.15, 0.2) is 27.8 Å². The van der Waals surface area contributed by atoms with Gasteiger partial charge in [0.1, 0.15) is 4.90 Å². The quantitative estimate of drug-likeness (QED) is 0.604. The SMILES string of the molecule is CC(CCl)CCCNS(=O)(=O)c1cncc(Br)c1. The summed E-state index contributed by atoms with van der Waals surface area (Å²) in [7, 11) is -3.46. The molecule has 7 heteroatoms. The second-order valence-electron chi connectivity index (χ2n) is 4.14. The van der Waals surface area contributed by atoms with Crippen LogP contribution < -0.4 is 4.72 Å². The van der Waals surface area contributed by atoms with Crippen LogP contribution in [0.2, 0.25) is 0 Å². The van der Waals surface area contributed by atoms with Crippen LogP contribution in [0, 0.1) is 5.92 Å². The molecule has 0 amide bonds. The van der Waals surface area contributed by atoms with Gasteiger partial charge >= 0.3 is 0 Å². The van der Waals surface area contributed by atoms with Gasteiger partial charge < -0.3 is 0 Å². The molecule has 0 saturated carbocycles. The van der Waals surface area contributed by atoms with E-state index in [1.165, 1.54) is 12.3 Å². The van der Waals surface area contributed by atoms with Crippen molar-refractivity contribution in [2.45, 2.75) is 24.7 Å². The third kappa shape index (κ3) is 5.22. The Bertz CT molecular complexity index is 482. The topological polar surface area (TPSA) is 59.1 Å². The predicted octanol–water partition coefficient (Wildman–Crippen LogP) is 2.78. The van der Waals surface area contributed by atoms with Crippen LogP contribution in [0.3, 0.4) is 0 Å². The summed E-state index contributed by atoms with van der Waals surface area (Å²) in [5.74, 6) is 1.01. The summed E-state index contributed by atoms with van der Waals surface area (Å²) < 4.78 is 27.0. The number of rotatable bonds is 7. The van der Waals surface area contributed by atoms with Crippen LogP contribution in [-0.4, -0.2) is 25.8 Å². The molecule has 0 radical (unpaired) electrons. The summed E-state index contributed by atoms with van der Waals surface area (Å²) in [5.41, 5.74) is 0. The van der Waals surface area contributed by atoms with Gasteiger partial charge in [-0.05, 0) is 40.8 Å². The first-order valence-corrected chi connectivity index (χ1v) is 8.43. The first-order valence-electron chi connectivity index (χ1n) is 5.62. The molecule has 0 bridgehead atoms. The molecule has 1 aromatic rings. The van der Waals surface area contributed by atoms with Gasteiger partial charge in [-0.2, -0.15) is 0 Å². The highest BCUT2D eigenvalue weighted by atomic mass is 79.9. The van der Waals surface area contributed by atoms with Crippen LogP contribution in [0.5, 0.6) is 0 Å². The average molecular weight is 356 g/mol. The number of sulfonamides is 1. The predicted molar refractivity (Wildman–Crippen MR) is 76.2 cm³/mol. The van der Waals surface area contributed by atoms with E-state index in [4.69, 9.17) is 11.6 Å². The standard InChI is InChI=1S/C11H16BrClN2O2S/c1-9(6-13)3-2-4-15-18(16,17)11-5-10(12)7-14-8-11/h5,7-9,15H,2-4,6H2,1H3. The van der Waals surface area contributed by atoms with Gasteiger partial charge in [-0.15, -0.1) is 11.6 Å². The monoisotopic (exact) mass is 354 g/mol. The molecule has 1 heterocycles. The van der Waals surface area contributed by atoms with Crippen molar-refractivity contribution < 1.29 is 8.42 Å². The summed E-state index contributed by atoms with van der Waals surface area (Å²) in [5, 5.41) is 0. The zero-order chi connectivity index (χ0) is 13.6.